The molecule has 4 nitrogen and oxygen atoms in total. The number of hydrogen-bond acceptors (Lipinski definition) is 3. The molecular weight excluding hydrogens is 306 g/mol. The average Bonchev–Trinajstić information content (AvgIpc) is 2.41. The summed E-state index contributed by atoms with van der Waals surface area (Å²) in [6, 6.07) is 8.06. The van der Waals surface area contributed by atoms with E-state index in [0.29, 0.717) is 6.54 Å². The summed E-state index contributed by atoms with van der Waals surface area (Å²) >= 11 is 3.52. The van der Waals surface area contributed by atoms with E-state index in [1.54, 1.807) is 0 Å². The number of benzene rings is 1. The van der Waals surface area contributed by atoms with Gasteiger partial charge in [-0.1, -0.05) is 34.1 Å². The second-order valence-electron chi connectivity index (χ2n) is 4.83. The molecule has 1 aromatic rings. The lowest BCUT2D eigenvalue weighted by atomic mass is 10.1. The standard InChI is InChI=1S/C14H20BrN3O/c1-18-9-8-16-10-13(18)14(19)17-7-6-11-4-2-3-5-12(11)15/h2-5,13,16H,6-10H2,1H3,(H,17,19). The molecule has 1 amide bonds. The lowest BCUT2D eigenvalue weighted by molar-refractivity contribution is -0.126. The van der Waals surface area contributed by atoms with Crippen LogP contribution in [0.3, 0.4) is 0 Å². The van der Waals surface area contributed by atoms with Crippen molar-refractivity contribution in [1.82, 2.24) is 15.5 Å². The quantitative estimate of drug-likeness (QED) is 0.868. The summed E-state index contributed by atoms with van der Waals surface area (Å²) in [6.07, 6.45) is 0.844. The molecule has 0 aromatic heterocycles. The Hall–Kier alpha value is -0.910. The van der Waals surface area contributed by atoms with Gasteiger partial charge in [-0.05, 0) is 25.1 Å². The van der Waals surface area contributed by atoms with Gasteiger partial charge >= 0.3 is 0 Å². The molecule has 5 heteroatoms. The third kappa shape index (κ3) is 4.03. The van der Waals surface area contributed by atoms with Crippen molar-refractivity contribution in [2.75, 3.05) is 33.2 Å². The van der Waals surface area contributed by atoms with Crippen LogP contribution in [0.25, 0.3) is 0 Å². The first kappa shape index (κ1) is 14.5. The summed E-state index contributed by atoms with van der Waals surface area (Å²) in [7, 11) is 2.00. The summed E-state index contributed by atoms with van der Waals surface area (Å²) in [6.45, 7) is 3.28. The molecule has 1 aliphatic heterocycles. The van der Waals surface area contributed by atoms with Crippen molar-refractivity contribution in [3.63, 3.8) is 0 Å². The van der Waals surface area contributed by atoms with E-state index in [9.17, 15) is 4.79 Å². The maximum Gasteiger partial charge on any atom is 0.238 e. The van der Waals surface area contributed by atoms with Gasteiger partial charge in [0.15, 0.2) is 0 Å². The minimum atomic E-state index is -0.0482. The van der Waals surface area contributed by atoms with Crippen LogP contribution in [-0.2, 0) is 11.2 Å². The topological polar surface area (TPSA) is 44.4 Å². The Labute approximate surface area is 122 Å². The van der Waals surface area contributed by atoms with Crippen LogP contribution in [0.2, 0.25) is 0 Å². The van der Waals surface area contributed by atoms with Gasteiger partial charge in [-0.25, -0.2) is 0 Å². The van der Waals surface area contributed by atoms with Gasteiger partial charge in [0.25, 0.3) is 0 Å². The highest BCUT2D eigenvalue weighted by molar-refractivity contribution is 9.10. The molecule has 0 saturated carbocycles. The SMILES string of the molecule is CN1CCNCC1C(=O)NCCc1ccccc1Br. The summed E-state index contributed by atoms with van der Waals surface area (Å²) in [5.74, 6) is 0.113. The highest BCUT2D eigenvalue weighted by Gasteiger charge is 2.25. The molecule has 19 heavy (non-hydrogen) atoms. The van der Waals surface area contributed by atoms with Crippen LogP contribution < -0.4 is 10.6 Å². The van der Waals surface area contributed by atoms with Crippen LogP contribution in [0, 0.1) is 0 Å². The van der Waals surface area contributed by atoms with Crippen molar-refractivity contribution < 1.29 is 4.79 Å². The molecule has 0 spiro atoms. The minimum Gasteiger partial charge on any atom is -0.354 e. The van der Waals surface area contributed by atoms with Crippen molar-refractivity contribution in [3.05, 3.63) is 34.3 Å². The molecule has 1 fully saturated rings. The lowest BCUT2D eigenvalue weighted by Gasteiger charge is -2.31. The molecule has 2 N–H and O–H groups in total. The Morgan fingerprint density at radius 3 is 3.05 bits per heavy atom. The second-order valence-corrected chi connectivity index (χ2v) is 5.69. The molecule has 0 bridgehead atoms. The number of piperazine rings is 1. The third-order valence-corrected chi connectivity index (χ3v) is 4.24. The number of nitrogens with one attached hydrogen (secondary N) is 2. The Bertz CT molecular complexity index is 438. The van der Waals surface area contributed by atoms with E-state index in [2.05, 4.69) is 37.5 Å². The zero-order valence-electron chi connectivity index (χ0n) is 11.2. The van der Waals surface area contributed by atoms with Gasteiger partial charge in [0.2, 0.25) is 5.91 Å². The van der Waals surface area contributed by atoms with Crippen LogP contribution in [0.5, 0.6) is 0 Å². The Morgan fingerprint density at radius 1 is 1.53 bits per heavy atom. The van der Waals surface area contributed by atoms with Gasteiger partial charge in [-0.2, -0.15) is 0 Å². The Balaban J connectivity index is 1.79. The van der Waals surface area contributed by atoms with Crippen molar-refractivity contribution in [3.8, 4) is 0 Å². The Kier molecular flexibility index (Phi) is 5.36. The van der Waals surface area contributed by atoms with Gasteiger partial charge < -0.3 is 10.6 Å². The van der Waals surface area contributed by atoms with Crippen LogP contribution in [0.1, 0.15) is 5.56 Å². The zero-order chi connectivity index (χ0) is 13.7. The largest absolute Gasteiger partial charge is 0.354 e. The average molecular weight is 326 g/mol. The number of amides is 1. The van der Waals surface area contributed by atoms with E-state index in [4.69, 9.17) is 0 Å². The Morgan fingerprint density at radius 2 is 2.32 bits per heavy atom. The van der Waals surface area contributed by atoms with E-state index >= 15 is 0 Å². The van der Waals surface area contributed by atoms with Crippen molar-refractivity contribution >= 4 is 21.8 Å². The summed E-state index contributed by atoms with van der Waals surface area (Å²) in [5.41, 5.74) is 1.22. The molecule has 0 radical (unpaired) electrons. The first-order chi connectivity index (χ1) is 9.18. The van der Waals surface area contributed by atoms with Crippen LogP contribution in [0.4, 0.5) is 0 Å². The van der Waals surface area contributed by atoms with Gasteiger partial charge in [0.1, 0.15) is 6.04 Å². The first-order valence-electron chi connectivity index (χ1n) is 6.60. The molecule has 2 rings (SSSR count). The fraction of sp³-hybridized carbons (Fsp3) is 0.500. The minimum absolute atomic E-state index is 0.0482. The number of nitrogens with zero attached hydrogens (tertiary/aromatic N) is 1. The monoisotopic (exact) mass is 325 g/mol. The number of carbonyl (C=O) groups is 1. The maximum atomic E-state index is 12.1. The van der Waals surface area contributed by atoms with Crippen LogP contribution in [-0.4, -0.2) is 50.1 Å². The molecule has 1 aliphatic rings. The number of carbonyl (C=O) groups excluding carboxylic acids is 1. The molecule has 1 heterocycles. The lowest BCUT2D eigenvalue weighted by Crippen LogP contribution is -2.56. The number of likely N-dealkylation sites (N-methyl/N-ethyl adjacent to an activating group) is 1. The molecule has 0 aliphatic carbocycles. The fourth-order valence-corrected chi connectivity index (χ4v) is 2.72. The molecular formula is C14H20BrN3O. The van der Waals surface area contributed by atoms with E-state index in [-0.39, 0.29) is 11.9 Å². The van der Waals surface area contributed by atoms with E-state index < -0.39 is 0 Å². The predicted molar refractivity (Wildman–Crippen MR) is 80.1 cm³/mol. The maximum absolute atomic E-state index is 12.1. The molecule has 1 saturated heterocycles. The highest BCUT2D eigenvalue weighted by atomic mass is 79.9. The smallest absolute Gasteiger partial charge is 0.238 e. The molecule has 104 valence electrons. The van der Waals surface area contributed by atoms with E-state index in [1.807, 2.05) is 25.2 Å². The van der Waals surface area contributed by atoms with Crippen LogP contribution in [0.15, 0.2) is 28.7 Å². The summed E-state index contributed by atoms with van der Waals surface area (Å²) < 4.78 is 1.10. The number of hydrogen-bond donors (Lipinski definition) is 2. The molecule has 1 atom stereocenters. The third-order valence-electron chi connectivity index (χ3n) is 3.47. The normalized spacial score (nSPS) is 20.2. The van der Waals surface area contributed by atoms with Crippen molar-refractivity contribution in [2.24, 2.45) is 0 Å². The number of rotatable bonds is 4. The van der Waals surface area contributed by atoms with E-state index in [1.165, 1.54) is 5.56 Å². The van der Waals surface area contributed by atoms with Gasteiger partial charge in [0, 0.05) is 30.7 Å². The van der Waals surface area contributed by atoms with Gasteiger partial charge in [-0.3, -0.25) is 9.69 Å². The zero-order valence-corrected chi connectivity index (χ0v) is 12.7. The van der Waals surface area contributed by atoms with Crippen LogP contribution >= 0.6 is 15.9 Å². The highest BCUT2D eigenvalue weighted by Crippen LogP contribution is 2.15. The van der Waals surface area contributed by atoms with Crippen molar-refractivity contribution in [2.45, 2.75) is 12.5 Å². The first-order valence-corrected chi connectivity index (χ1v) is 7.40. The number of halogens is 1. The van der Waals surface area contributed by atoms with Gasteiger partial charge in [-0.15, -0.1) is 0 Å². The predicted octanol–water partition coefficient (Wildman–Crippen LogP) is 1.01. The fourth-order valence-electron chi connectivity index (χ4n) is 2.24. The second kappa shape index (κ2) is 7.03. The van der Waals surface area contributed by atoms with E-state index in [0.717, 1.165) is 30.5 Å². The summed E-state index contributed by atoms with van der Waals surface area (Å²) in [5, 5.41) is 6.27. The molecule has 1 aromatic carbocycles. The van der Waals surface area contributed by atoms with Crippen molar-refractivity contribution in [1.29, 1.82) is 0 Å². The molecule has 1 unspecified atom stereocenters. The summed E-state index contributed by atoms with van der Waals surface area (Å²) in [4.78, 5) is 14.2. The van der Waals surface area contributed by atoms with Gasteiger partial charge in [0.05, 0.1) is 0 Å².